The average Bonchev–Trinajstić information content (AvgIpc) is 2.86. The zero-order chi connectivity index (χ0) is 14.6. The lowest BCUT2D eigenvalue weighted by molar-refractivity contribution is 0.564. The van der Waals surface area contributed by atoms with Crippen molar-refractivity contribution in [3.63, 3.8) is 0 Å². The van der Waals surface area contributed by atoms with E-state index in [0.717, 1.165) is 24.3 Å². The van der Waals surface area contributed by atoms with Crippen LogP contribution in [0.4, 0.5) is 0 Å². The molecule has 1 heterocycles. The van der Waals surface area contributed by atoms with Gasteiger partial charge in [-0.3, -0.25) is 0 Å². The van der Waals surface area contributed by atoms with Gasteiger partial charge in [0.25, 0.3) is 0 Å². The number of nitrogens with two attached hydrogens (primary N) is 1. The van der Waals surface area contributed by atoms with E-state index in [2.05, 4.69) is 50.4 Å². The predicted octanol–water partition coefficient (Wildman–Crippen LogP) is 3.94. The Kier molecular flexibility index (Phi) is 4.95. The number of nitrogens with zero attached hydrogens (tertiary/aromatic N) is 1. The van der Waals surface area contributed by atoms with Crippen LogP contribution < -0.4 is 5.73 Å². The molecule has 0 bridgehead atoms. The van der Waals surface area contributed by atoms with E-state index in [4.69, 9.17) is 10.7 Å². The van der Waals surface area contributed by atoms with Crippen LogP contribution in [0.3, 0.4) is 0 Å². The Morgan fingerprint density at radius 3 is 2.50 bits per heavy atom. The van der Waals surface area contributed by atoms with Crippen LogP contribution in [0.2, 0.25) is 0 Å². The molecule has 0 fully saturated rings. The molecule has 20 heavy (non-hydrogen) atoms. The highest BCUT2D eigenvalue weighted by Crippen LogP contribution is 2.24. The van der Waals surface area contributed by atoms with Gasteiger partial charge in [-0.1, -0.05) is 51.1 Å². The molecule has 0 saturated carbocycles. The van der Waals surface area contributed by atoms with Gasteiger partial charge in [0.05, 0.1) is 10.7 Å². The van der Waals surface area contributed by atoms with E-state index in [0.29, 0.717) is 0 Å². The first-order valence-corrected chi connectivity index (χ1v) is 8.07. The van der Waals surface area contributed by atoms with Gasteiger partial charge >= 0.3 is 0 Å². The minimum absolute atomic E-state index is 0.128. The number of thiazole rings is 1. The van der Waals surface area contributed by atoms with Crippen molar-refractivity contribution >= 4 is 11.3 Å². The van der Waals surface area contributed by atoms with Gasteiger partial charge < -0.3 is 5.73 Å². The van der Waals surface area contributed by atoms with Crippen LogP contribution in [-0.4, -0.2) is 11.0 Å². The maximum Gasteiger partial charge on any atom is 0.0943 e. The summed E-state index contributed by atoms with van der Waals surface area (Å²) < 4.78 is 0. The third kappa shape index (κ3) is 4.43. The fraction of sp³-hybridized carbons (Fsp3) is 0.471. The Balaban J connectivity index is 1.85. The second-order valence-electron chi connectivity index (χ2n) is 6.36. The molecule has 0 radical (unpaired) electrons. The summed E-state index contributed by atoms with van der Waals surface area (Å²) in [7, 11) is 0. The van der Waals surface area contributed by atoms with Crippen LogP contribution in [0.5, 0.6) is 0 Å². The maximum atomic E-state index is 6.24. The molecule has 2 aromatic rings. The second-order valence-corrected chi connectivity index (χ2v) is 7.31. The molecule has 1 aromatic carbocycles. The third-order valence-corrected chi connectivity index (χ3v) is 4.27. The van der Waals surface area contributed by atoms with Crippen LogP contribution in [-0.2, 0) is 18.3 Å². The predicted molar refractivity (Wildman–Crippen MR) is 87.3 cm³/mol. The number of hydrogen-bond acceptors (Lipinski definition) is 3. The molecular weight excluding hydrogens is 264 g/mol. The zero-order valence-corrected chi connectivity index (χ0v) is 13.4. The maximum absolute atomic E-state index is 6.24. The fourth-order valence-corrected chi connectivity index (χ4v) is 3.19. The van der Waals surface area contributed by atoms with E-state index in [1.165, 1.54) is 11.3 Å². The lowest BCUT2D eigenvalue weighted by Crippen LogP contribution is -2.23. The highest BCUT2D eigenvalue weighted by Gasteiger charge is 2.18. The molecule has 108 valence electrons. The van der Waals surface area contributed by atoms with Crippen molar-refractivity contribution in [2.24, 2.45) is 5.73 Å². The van der Waals surface area contributed by atoms with E-state index in [1.807, 2.05) is 6.07 Å². The van der Waals surface area contributed by atoms with E-state index in [-0.39, 0.29) is 11.5 Å². The Bertz CT molecular complexity index is 525. The molecule has 1 unspecified atom stereocenters. The molecule has 0 saturated heterocycles. The molecule has 2 nitrogen and oxygen atoms in total. The Labute approximate surface area is 126 Å². The third-order valence-electron chi connectivity index (χ3n) is 3.40. The molecule has 0 amide bonds. The quantitative estimate of drug-likeness (QED) is 0.905. The van der Waals surface area contributed by atoms with Crippen LogP contribution in [0.1, 0.15) is 43.5 Å². The first-order chi connectivity index (χ1) is 9.45. The molecule has 0 aliphatic carbocycles. The van der Waals surface area contributed by atoms with Crippen molar-refractivity contribution < 1.29 is 0 Å². The topological polar surface area (TPSA) is 38.9 Å². The molecule has 2 rings (SSSR count). The van der Waals surface area contributed by atoms with Gasteiger partial charge in [-0.05, 0) is 18.4 Å². The van der Waals surface area contributed by atoms with Gasteiger partial charge in [0.1, 0.15) is 0 Å². The van der Waals surface area contributed by atoms with Crippen LogP contribution >= 0.6 is 11.3 Å². The summed E-state index contributed by atoms with van der Waals surface area (Å²) in [5.74, 6) is 0. The van der Waals surface area contributed by atoms with Crippen LogP contribution in [0, 0.1) is 0 Å². The van der Waals surface area contributed by atoms with E-state index < -0.39 is 0 Å². The van der Waals surface area contributed by atoms with Gasteiger partial charge in [0.2, 0.25) is 0 Å². The zero-order valence-electron chi connectivity index (χ0n) is 12.6. The van der Waals surface area contributed by atoms with Gasteiger partial charge in [0.15, 0.2) is 0 Å². The number of hydrogen-bond donors (Lipinski definition) is 1. The highest BCUT2D eigenvalue weighted by atomic mass is 32.1. The number of aromatic nitrogens is 1. The van der Waals surface area contributed by atoms with Crippen LogP contribution in [0.15, 0.2) is 35.7 Å². The smallest absolute Gasteiger partial charge is 0.0943 e. The number of rotatable bonds is 5. The minimum atomic E-state index is 0.128. The van der Waals surface area contributed by atoms with Crippen molar-refractivity contribution in [1.82, 2.24) is 4.98 Å². The Morgan fingerprint density at radius 1 is 1.20 bits per heavy atom. The second kappa shape index (κ2) is 6.51. The normalized spacial score (nSPS) is 13.4. The molecule has 3 heteroatoms. The number of aryl methyl sites for hydroxylation is 1. The van der Waals surface area contributed by atoms with Gasteiger partial charge in [0, 0.05) is 23.3 Å². The SMILES string of the molecule is CC(C)(C)c1csc(CC(N)CCc2ccccc2)n1. The van der Waals surface area contributed by atoms with Gasteiger partial charge in [-0.25, -0.2) is 4.98 Å². The summed E-state index contributed by atoms with van der Waals surface area (Å²) in [5.41, 5.74) is 8.90. The molecule has 0 aliphatic rings. The lowest BCUT2D eigenvalue weighted by Gasteiger charge is -2.14. The average molecular weight is 288 g/mol. The van der Waals surface area contributed by atoms with Crippen molar-refractivity contribution in [3.05, 3.63) is 52.0 Å². The largest absolute Gasteiger partial charge is 0.327 e. The minimum Gasteiger partial charge on any atom is -0.327 e. The van der Waals surface area contributed by atoms with E-state index in [1.54, 1.807) is 11.3 Å². The van der Waals surface area contributed by atoms with E-state index in [9.17, 15) is 0 Å². The van der Waals surface area contributed by atoms with Crippen molar-refractivity contribution in [3.8, 4) is 0 Å². The Morgan fingerprint density at radius 2 is 1.90 bits per heavy atom. The molecular formula is C17H24N2S. The summed E-state index contributed by atoms with van der Waals surface area (Å²) >= 11 is 1.74. The lowest BCUT2D eigenvalue weighted by atomic mass is 9.93. The summed E-state index contributed by atoms with van der Waals surface area (Å²) in [6, 6.07) is 10.7. The summed E-state index contributed by atoms with van der Waals surface area (Å²) in [5, 5.41) is 3.33. The monoisotopic (exact) mass is 288 g/mol. The van der Waals surface area contributed by atoms with Crippen molar-refractivity contribution in [1.29, 1.82) is 0 Å². The van der Waals surface area contributed by atoms with Crippen molar-refractivity contribution in [2.75, 3.05) is 0 Å². The Hall–Kier alpha value is -1.19. The van der Waals surface area contributed by atoms with Gasteiger partial charge in [-0.2, -0.15) is 0 Å². The van der Waals surface area contributed by atoms with Crippen molar-refractivity contribution in [2.45, 2.75) is 51.5 Å². The summed E-state index contributed by atoms with van der Waals surface area (Å²) in [6.45, 7) is 6.59. The highest BCUT2D eigenvalue weighted by molar-refractivity contribution is 7.09. The molecule has 1 atom stereocenters. The molecule has 2 N–H and O–H groups in total. The first kappa shape index (κ1) is 15.2. The first-order valence-electron chi connectivity index (χ1n) is 7.19. The summed E-state index contributed by atoms with van der Waals surface area (Å²) in [6.07, 6.45) is 2.93. The molecule has 0 aliphatic heterocycles. The fourth-order valence-electron chi connectivity index (χ4n) is 2.07. The summed E-state index contributed by atoms with van der Waals surface area (Å²) in [4.78, 5) is 4.72. The molecule has 0 spiro atoms. The molecule has 1 aromatic heterocycles. The number of benzene rings is 1. The standard InChI is InChI=1S/C17H24N2S/c1-17(2,3)15-12-20-16(19-15)11-14(18)10-9-13-7-5-4-6-8-13/h4-8,12,14H,9-11,18H2,1-3H3. The van der Waals surface area contributed by atoms with Crippen LogP contribution in [0.25, 0.3) is 0 Å². The van der Waals surface area contributed by atoms with E-state index >= 15 is 0 Å². The van der Waals surface area contributed by atoms with Gasteiger partial charge in [-0.15, -0.1) is 11.3 Å².